The normalized spacial score (nSPS) is 14.6. The zero-order valence-corrected chi connectivity index (χ0v) is 16.9. The molecule has 2 heterocycles. The van der Waals surface area contributed by atoms with Gasteiger partial charge in [0.25, 0.3) is 0 Å². The third-order valence-corrected chi connectivity index (χ3v) is 4.81. The largest absolute Gasteiger partial charge is 0.450 e. The highest BCUT2D eigenvalue weighted by molar-refractivity contribution is 5.67. The number of likely N-dealkylation sites (tertiary alicyclic amines) is 1. The fourth-order valence-corrected chi connectivity index (χ4v) is 3.26. The van der Waals surface area contributed by atoms with Crippen molar-refractivity contribution in [1.82, 2.24) is 14.9 Å². The molecule has 2 aromatic rings. The highest BCUT2D eigenvalue weighted by atomic mass is 16.6. The average molecular weight is 383 g/mol. The molecule has 7 nitrogen and oxygen atoms in total. The molecule has 150 valence electrons. The van der Waals surface area contributed by atoms with E-state index in [1.54, 1.807) is 4.90 Å². The first-order valence-electron chi connectivity index (χ1n) is 9.87. The van der Waals surface area contributed by atoms with Crippen LogP contribution in [0.1, 0.15) is 36.7 Å². The molecule has 28 heavy (non-hydrogen) atoms. The molecule has 1 amide bonds. The van der Waals surface area contributed by atoms with Crippen LogP contribution in [0, 0.1) is 13.8 Å². The van der Waals surface area contributed by atoms with Gasteiger partial charge in [-0.2, -0.15) is 0 Å². The van der Waals surface area contributed by atoms with Gasteiger partial charge in [0, 0.05) is 31.7 Å². The number of anilines is 2. The molecule has 0 bridgehead atoms. The van der Waals surface area contributed by atoms with Crippen molar-refractivity contribution >= 4 is 17.7 Å². The molecule has 1 aromatic carbocycles. The standard InChI is InChI=1S/C21H29N5O2/c1-4-28-21(27)26-11-9-18(10-12-26)25-20-13-19(23-16(3)24-20)22-14-17-7-5-15(2)6-8-17/h5-8,13,18H,4,9-12,14H2,1-3H3,(H2,22,23,24,25). The summed E-state index contributed by atoms with van der Waals surface area (Å²) in [5.41, 5.74) is 2.46. The van der Waals surface area contributed by atoms with Gasteiger partial charge in [-0.25, -0.2) is 14.8 Å². The second-order valence-corrected chi connectivity index (χ2v) is 7.13. The molecule has 1 saturated heterocycles. The minimum absolute atomic E-state index is 0.221. The quantitative estimate of drug-likeness (QED) is 0.791. The van der Waals surface area contributed by atoms with Gasteiger partial charge in [-0.1, -0.05) is 29.8 Å². The van der Waals surface area contributed by atoms with Crippen molar-refractivity contribution in [3.05, 3.63) is 47.3 Å². The smallest absolute Gasteiger partial charge is 0.409 e. The van der Waals surface area contributed by atoms with E-state index in [1.807, 2.05) is 19.9 Å². The lowest BCUT2D eigenvalue weighted by atomic mass is 10.1. The zero-order valence-electron chi connectivity index (χ0n) is 16.9. The predicted molar refractivity (Wildman–Crippen MR) is 111 cm³/mol. The van der Waals surface area contributed by atoms with Crippen LogP contribution >= 0.6 is 0 Å². The van der Waals surface area contributed by atoms with Gasteiger partial charge in [-0.3, -0.25) is 0 Å². The Hall–Kier alpha value is -2.83. The lowest BCUT2D eigenvalue weighted by Gasteiger charge is -2.31. The number of benzene rings is 1. The van der Waals surface area contributed by atoms with Gasteiger partial charge in [0.1, 0.15) is 17.5 Å². The van der Waals surface area contributed by atoms with Crippen molar-refractivity contribution in [2.45, 2.75) is 46.2 Å². The Morgan fingerprint density at radius 2 is 1.82 bits per heavy atom. The van der Waals surface area contributed by atoms with Crippen molar-refractivity contribution in [3.63, 3.8) is 0 Å². The lowest BCUT2D eigenvalue weighted by Crippen LogP contribution is -2.42. The maximum Gasteiger partial charge on any atom is 0.409 e. The van der Waals surface area contributed by atoms with E-state index in [1.165, 1.54) is 11.1 Å². The van der Waals surface area contributed by atoms with E-state index in [0.29, 0.717) is 26.2 Å². The minimum atomic E-state index is -0.221. The van der Waals surface area contributed by atoms with Crippen molar-refractivity contribution in [2.75, 3.05) is 30.3 Å². The van der Waals surface area contributed by atoms with Crippen LogP contribution in [0.2, 0.25) is 0 Å². The van der Waals surface area contributed by atoms with E-state index in [0.717, 1.165) is 30.3 Å². The summed E-state index contributed by atoms with van der Waals surface area (Å²) in [5, 5.41) is 6.86. The summed E-state index contributed by atoms with van der Waals surface area (Å²) >= 11 is 0. The number of nitrogens with one attached hydrogen (secondary N) is 2. The van der Waals surface area contributed by atoms with Crippen LogP contribution in [-0.2, 0) is 11.3 Å². The van der Waals surface area contributed by atoms with Gasteiger partial charge in [-0.15, -0.1) is 0 Å². The number of carbonyl (C=O) groups excluding carboxylic acids is 1. The van der Waals surface area contributed by atoms with Gasteiger partial charge in [0.2, 0.25) is 0 Å². The SMILES string of the molecule is CCOC(=O)N1CCC(Nc2cc(NCc3ccc(C)cc3)nc(C)n2)CC1. The Labute approximate surface area is 166 Å². The van der Waals surface area contributed by atoms with Crippen LogP contribution in [-0.4, -0.2) is 46.7 Å². The first-order chi connectivity index (χ1) is 13.5. The van der Waals surface area contributed by atoms with Crippen molar-refractivity contribution < 1.29 is 9.53 Å². The number of hydrogen-bond donors (Lipinski definition) is 2. The number of ether oxygens (including phenoxy) is 1. The fraction of sp³-hybridized carbons (Fsp3) is 0.476. The number of rotatable bonds is 6. The average Bonchev–Trinajstić information content (AvgIpc) is 2.68. The van der Waals surface area contributed by atoms with Crippen LogP contribution in [0.15, 0.2) is 30.3 Å². The predicted octanol–water partition coefficient (Wildman–Crippen LogP) is 3.74. The molecular weight excluding hydrogens is 354 g/mol. The number of aryl methyl sites for hydroxylation is 2. The van der Waals surface area contributed by atoms with Gasteiger partial charge in [-0.05, 0) is 39.2 Å². The minimum Gasteiger partial charge on any atom is -0.450 e. The monoisotopic (exact) mass is 383 g/mol. The molecule has 0 radical (unpaired) electrons. The number of piperidine rings is 1. The molecular formula is C21H29N5O2. The maximum atomic E-state index is 11.8. The fourth-order valence-electron chi connectivity index (χ4n) is 3.26. The molecule has 1 fully saturated rings. The van der Waals surface area contributed by atoms with E-state index in [-0.39, 0.29) is 12.1 Å². The van der Waals surface area contributed by atoms with Crippen molar-refractivity contribution in [3.8, 4) is 0 Å². The Morgan fingerprint density at radius 3 is 2.50 bits per heavy atom. The summed E-state index contributed by atoms with van der Waals surface area (Å²) in [5.74, 6) is 2.34. The van der Waals surface area contributed by atoms with Crippen LogP contribution < -0.4 is 10.6 Å². The number of carbonyl (C=O) groups is 1. The van der Waals surface area contributed by atoms with Crippen molar-refractivity contribution in [2.24, 2.45) is 0 Å². The van der Waals surface area contributed by atoms with Gasteiger partial charge in [0.15, 0.2) is 0 Å². The highest BCUT2D eigenvalue weighted by Gasteiger charge is 2.23. The Morgan fingerprint density at radius 1 is 1.14 bits per heavy atom. The van der Waals surface area contributed by atoms with E-state index in [4.69, 9.17) is 4.74 Å². The topological polar surface area (TPSA) is 79.4 Å². The molecule has 0 unspecified atom stereocenters. The van der Waals surface area contributed by atoms with Crippen molar-refractivity contribution in [1.29, 1.82) is 0 Å². The summed E-state index contributed by atoms with van der Waals surface area (Å²) < 4.78 is 5.07. The molecule has 3 rings (SSSR count). The summed E-state index contributed by atoms with van der Waals surface area (Å²) in [4.78, 5) is 22.6. The second-order valence-electron chi connectivity index (χ2n) is 7.13. The van der Waals surface area contributed by atoms with E-state index >= 15 is 0 Å². The van der Waals surface area contributed by atoms with Crippen LogP contribution in [0.4, 0.5) is 16.4 Å². The van der Waals surface area contributed by atoms with E-state index < -0.39 is 0 Å². The number of nitrogens with zero attached hydrogens (tertiary/aromatic N) is 3. The van der Waals surface area contributed by atoms with Gasteiger partial charge >= 0.3 is 6.09 Å². The molecule has 1 aliphatic heterocycles. The summed E-state index contributed by atoms with van der Waals surface area (Å²) in [6.07, 6.45) is 1.52. The van der Waals surface area contributed by atoms with E-state index in [2.05, 4.69) is 51.8 Å². The summed E-state index contributed by atoms with van der Waals surface area (Å²) in [7, 11) is 0. The van der Waals surface area contributed by atoms with Gasteiger partial charge in [0.05, 0.1) is 6.61 Å². The molecule has 1 aromatic heterocycles. The lowest BCUT2D eigenvalue weighted by molar-refractivity contribution is 0.0983. The second kappa shape index (κ2) is 9.39. The molecule has 0 saturated carbocycles. The maximum absolute atomic E-state index is 11.8. The first-order valence-corrected chi connectivity index (χ1v) is 9.87. The summed E-state index contributed by atoms with van der Waals surface area (Å²) in [6.45, 7) is 8.32. The number of amides is 1. The Kier molecular flexibility index (Phi) is 6.68. The van der Waals surface area contributed by atoms with Crippen LogP contribution in [0.5, 0.6) is 0 Å². The number of aromatic nitrogens is 2. The van der Waals surface area contributed by atoms with E-state index in [9.17, 15) is 4.79 Å². The zero-order chi connectivity index (χ0) is 19.9. The first kappa shape index (κ1) is 19.9. The third kappa shape index (κ3) is 5.58. The molecule has 0 atom stereocenters. The number of hydrogen-bond acceptors (Lipinski definition) is 6. The Balaban J connectivity index is 1.55. The van der Waals surface area contributed by atoms with Gasteiger partial charge < -0.3 is 20.3 Å². The molecule has 0 aliphatic carbocycles. The summed E-state index contributed by atoms with van der Waals surface area (Å²) in [6, 6.07) is 10.7. The van der Waals surface area contributed by atoms with Crippen LogP contribution in [0.25, 0.3) is 0 Å². The van der Waals surface area contributed by atoms with Crippen LogP contribution in [0.3, 0.4) is 0 Å². The highest BCUT2D eigenvalue weighted by Crippen LogP contribution is 2.18. The molecule has 0 spiro atoms. The molecule has 7 heteroatoms. The third-order valence-electron chi connectivity index (χ3n) is 4.81. The molecule has 1 aliphatic rings. The molecule has 2 N–H and O–H groups in total. The Bertz CT molecular complexity index is 786.